The second-order valence-electron chi connectivity index (χ2n) is 6.23. The molecule has 0 aromatic heterocycles. The van der Waals surface area contributed by atoms with Gasteiger partial charge in [0.25, 0.3) is 0 Å². The Bertz CT molecular complexity index is 789. The van der Waals surface area contributed by atoms with Crippen LogP contribution in [0.2, 0.25) is 0 Å². The van der Waals surface area contributed by atoms with E-state index in [-0.39, 0.29) is 5.41 Å². The number of hydrogen-bond donors (Lipinski definition) is 1. The summed E-state index contributed by atoms with van der Waals surface area (Å²) in [7, 11) is -3.42. The summed E-state index contributed by atoms with van der Waals surface area (Å²) in [5.74, 6) is 0. The summed E-state index contributed by atoms with van der Waals surface area (Å²) in [6.07, 6.45) is 3.69. The van der Waals surface area contributed by atoms with Crippen LogP contribution in [-0.2, 0) is 15.4 Å². The second kappa shape index (κ2) is 6.30. The molecule has 0 aliphatic heterocycles. The molecule has 1 aliphatic carbocycles. The first-order valence-corrected chi connectivity index (χ1v) is 9.34. The Labute approximate surface area is 138 Å². The molecule has 3 nitrogen and oxygen atoms in total. The predicted octanol–water partition coefficient (Wildman–Crippen LogP) is 3.62. The van der Waals surface area contributed by atoms with Crippen LogP contribution in [0.1, 0.15) is 29.5 Å². The Morgan fingerprint density at radius 1 is 1.04 bits per heavy atom. The molecule has 0 spiro atoms. The Balaban J connectivity index is 1.64. The van der Waals surface area contributed by atoms with E-state index in [2.05, 4.69) is 16.9 Å². The fourth-order valence-corrected chi connectivity index (χ4v) is 3.55. The molecule has 2 aromatic rings. The van der Waals surface area contributed by atoms with E-state index in [0.29, 0.717) is 6.54 Å². The first-order valence-electron chi connectivity index (χ1n) is 7.79. The van der Waals surface area contributed by atoms with Crippen molar-refractivity contribution in [3.8, 4) is 0 Å². The average molecular weight is 327 g/mol. The number of rotatable bonds is 6. The third kappa shape index (κ3) is 4.09. The smallest absolute Gasteiger partial charge is 0.211 e. The molecular formula is C19H21NO2S. The van der Waals surface area contributed by atoms with Gasteiger partial charge in [-0.1, -0.05) is 60.2 Å². The zero-order chi connectivity index (χ0) is 16.3. The molecule has 0 atom stereocenters. The molecule has 1 N–H and O–H groups in total. The SMILES string of the molecule is Cc1ccc(/C=C\S(=O)(=O)NCC2(c3ccccc3)CC2)cc1. The number of sulfonamides is 1. The molecule has 0 bridgehead atoms. The maximum absolute atomic E-state index is 12.2. The number of aryl methyl sites for hydroxylation is 1. The van der Waals surface area contributed by atoms with Crippen molar-refractivity contribution in [3.63, 3.8) is 0 Å². The van der Waals surface area contributed by atoms with E-state index in [4.69, 9.17) is 0 Å². The van der Waals surface area contributed by atoms with Crippen molar-refractivity contribution in [2.75, 3.05) is 6.54 Å². The highest BCUT2D eigenvalue weighted by molar-refractivity contribution is 7.92. The van der Waals surface area contributed by atoms with Crippen LogP contribution < -0.4 is 4.72 Å². The Morgan fingerprint density at radius 3 is 2.30 bits per heavy atom. The van der Waals surface area contributed by atoms with Crippen molar-refractivity contribution >= 4 is 16.1 Å². The van der Waals surface area contributed by atoms with E-state index >= 15 is 0 Å². The van der Waals surface area contributed by atoms with Crippen LogP contribution in [-0.4, -0.2) is 15.0 Å². The largest absolute Gasteiger partial charge is 0.233 e. The van der Waals surface area contributed by atoms with E-state index in [1.54, 1.807) is 6.08 Å². The van der Waals surface area contributed by atoms with E-state index in [9.17, 15) is 8.42 Å². The minimum atomic E-state index is -3.42. The summed E-state index contributed by atoms with van der Waals surface area (Å²) >= 11 is 0. The Morgan fingerprint density at radius 2 is 1.70 bits per heavy atom. The van der Waals surface area contributed by atoms with Crippen molar-refractivity contribution in [2.24, 2.45) is 0 Å². The van der Waals surface area contributed by atoms with Gasteiger partial charge in [-0.05, 0) is 37.0 Å². The van der Waals surface area contributed by atoms with Gasteiger partial charge < -0.3 is 0 Å². The van der Waals surface area contributed by atoms with Gasteiger partial charge in [-0.25, -0.2) is 13.1 Å². The maximum Gasteiger partial charge on any atom is 0.233 e. The molecule has 0 heterocycles. The molecule has 23 heavy (non-hydrogen) atoms. The van der Waals surface area contributed by atoms with Gasteiger partial charge in [-0.2, -0.15) is 0 Å². The molecule has 0 amide bonds. The minimum Gasteiger partial charge on any atom is -0.211 e. The fraction of sp³-hybridized carbons (Fsp3) is 0.263. The average Bonchev–Trinajstić information content (AvgIpc) is 3.35. The summed E-state index contributed by atoms with van der Waals surface area (Å²) in [6.45, 7) is 2.46. The van der Waals surface area contributed by atoms with Crippen molar-refractivity contribution in [1.29, 1.82) is 0 Å². The lowest BCUT2D eigenvalue weighted by Crippen LogP contribution is -2.30. The zero-order valence-electron chi connectivity index (χ0n) is 13.2. The number of benzene rings is 2. The van der Waals surface area contributed by atoms with Crippen LogP contribution in [0.25, 0.3) is 6.08 Å². The van der Waals surface area contributed by atoms with Gasteiger partial charge in [0.2, 0.25) is 10.0 Å². The molecule has 3 rings (SSSR count). The zero-order valence-corrected chi connectivity index (χ0v) is 14.0. The molecule has 120 valence electrons. The molecule has 2 aromatic carbocycles. The van der Waals surface area contributed by atoms with Gasteiger partial charge in [-0.3, -0.25) is 0 Å². The van der Waals surface area contributed by atoms with E-state index in [0.717, 1.165) is 24.0 Å². The van der Waals surface area contributed by atoms with Crippen LogP contribution in [0.5, 0.6) is 0 Å². The van der Waals surface area contributed by atoms with Gasteiger partial charge in [0.15, 0.2) is 0 Å². The van der Waals surface area contributed by atoms with Crippen molar-refractivity contribution in [1.82, 2.24) is 4.72 Å². The van der Waals surface area contributed by atoms with Gasteiger partial charge in [0.1, 0.15) is 0 Å². The molecular weight excluding hydrogens is 306 g/mol. The third-order valence-corrected chi connectivity index (χ3v) is 5.41. The topological polar surface area (TPSA) is 46.2 Å². The summed E-state index contributed by atoms with van der Waals surface area (Å²) in [6, 6.07) is 17.9. The lowest BCUT2D eigenvalue weighted by molar-refractivity contribution is 0.576. The first-order chi connectivity index (χ1) is 11.0. The van der Waals surface area contributed by atoms with Crippen molar-refractivity contribution in [3.05, 3.63) is 76.7 Å². The lowest BCUT2D eigenvalue weighted by Gasteiger charge is -2.15. The van der Waals surface area contributed by atoms with Gasteiger partial charge in [0.05, 0.1) is 0 Å². The molecule has 0 radical (unpaired) electrons. The van der Waals surface area contributed by atoms with E-state index in [1.165, 1.54) is 11.0 Å². The second-order valence-corrected chi connectivity index (χ2v) is 7.88. The number of hydrogen-bond acceptors (Lipinski definition) is 2. The Kier molecular flexibility index (Phi) is 4.37. The van der Waals surface area contributed by atoms with Crippen LogP contribution in [0.4, 0.5) is 0 Å². The highest BCUT2D eigenvalue weighted by Crippen LogP contribution is 2.47. The highest BCUT2D eigenvalue weighted by Gasteiger charge is 2.44. The third-order valence-electron chi connectivity index (χ3n) is 4.37. The summed E-state index contributed by atoms with van der Waals surface area (Å²) < 4.78 is 27.1. The van der Waals surface area contributed by atoms with Crippen LogP contribution in [0.15, 0.2) is 60.0 Å². The molecule has 4 heteroatoms. The van der Waals surface area contributed by atoms with Crippen LogP contribution >= 0.6 is 0 Å². The maximum atomic E-state index is 12.2. The highest BCUT2D eigenvalue weighted by atomic mass is 32.2. The van der Waals surface area contributed by atoms with Gasteiger partial charge >= 0.3 is 0 Å². The summed E-state index contributed by atoms with van der Waals surface area (Å²) in [5.41, 5.74) is 3.23. The monoisotopic (exact) mass is 327 g/mol. The molecule has 1 fully saturated rings. The van der Waals surface area contributed by atoms with Crippen LogP contribution in [0, 0.1) is 6.92 Å². The van der Waals surface area contributed by atoms with Crippen molar-refractivity contribution in [2.45, 2.75) is 25.2 Å². The molecule has 0 saturated heterocycles. The minimum absolute atomic E-state index is 0.0218. The molecule has 0 unspecified atom stereocenters. The lowest BCUT2D eigenvalue weighted by atomic mass is 9.96. The Hall–Kier alpha value is -1.91. The molecule has 1 aliphatic rings. The van der Waals surface area contributed by atoms with Gasteiger partial charge in [-0.15, -0.1) is 0 Å². The summed E-state index contributed by atoms with van der Waals surface area (Å²) in [5, 5.41) is 1.25. The van der Waals surface area contributed by atoms with E-state index in [1.807, 2.05) is 49.4 Å². The normalized spacial score (nSPS) is 16.6. The number of nitrogens with one attached hydrogen (secondary N) is 1. The standard InChI is InChI=1S/C19H21NO2S/c1-16-7-9-17(10-8-16)11-14-23(21,22)20-15-19(12-13-19)18-5-3-2-4-6-18/h2-11,14,20H,12-13,15H2,1H3/b14-11-. The quantitative estimate of drug-likeness (QED) is 0.881. The predicted molar refractivity (Wildman–Crippen MR) is 94.5 cm³/mol. The van der Waals surface area contributed by atoms with Gasteiger partial charge in [0, 0.05) is 17.4 Å². The first kappa shape index (κ1) is 16.0. The van der Waals surface area contributed by atoms with E-state index < -0.39 is 10.0 Å². The summed E-state index contributed by atoms with van der Waals surface area (Å²) in [4.78, 5) is 0. The molecule has 1 saturated carbocycles. The fourth-order valence-electron chi connectivity index (χ4n) is 2.64. The van der Waals surface area contributed by atoms with Crippen LogP contribution in [0.3, 0.4) is 0 Å². The van der Waals surface area contributed by atoms with Crippen molar-refractivity contribution < 1.29 is 8.42 Å².